The average Bonchev–Trinajstić information content (AvgIpc) is 2.33. The summed E-state index contributed by atoms with van der Waals surface area (Å²) in [7, 11) is 0. The van der Waals surface area contributed by atoms with Gasteiger partial charge in [0.2, 0.25) is 5.75 Å². The second-order valence-electron chi connectivity index (χ2n) is 3.11. The molecular weight excluding hydrogens is 228 g/mol. The molecule has 2 aromatic rings. The molecule has 8 nitrogen and oxygen atoms in total. The van der Waals surface area contributed by atoms with Crippen molar-refractivity contribution in [3.8, 4) is 22.8 Å². The summed E-state index contributed by atoms with van der Waals surface area (Å²) < 4.78 is 0. The fraction of sp³-hybridized carbons (Fsp3) is 0. The highest BCUT2D eigenvalue weighted by molar-refractivity contribution is 5.69. The lowest BCUT2D eigenvalue weighted by Crippen LogP contribution is -1.92. The fourth-order valence-corrected chi connectivity index (χ4v) is 1.28. The van der Waals surface area contributed by atoms with Gasteiger partial charge >= 0.3 is 5.69 Å². The van der Waals surface area contributed by atoms with Crippen LogP contribution in [0.15, 0.2) is 24.7 Å². The molecule has 2 N–H and O–H groups in total. The topological polar surface area (TPSA) is 122 Å². The number of phenolic OH excluding ortho intramolecular Hbond substituents is 2. The number of aromatic hydroxyl groups is 2. The minimum atomic E-state index is -0.798. The number of hydrogen-bond donors (Lipinski definition) is 2. The van der Waals surface area contributed by atoms with Crippen molar-refractivity contribution in [1.29, 1.82) is 0 Å². The van der Waals surface area contributed by atoms with Crippen LogP contribution in [0.1, 0.15) is 0 Å². The first-order chi connectivity index (χ1) is 8.09. The summed E-state index contributed by atoms with van der Waals surface area (Å²) in [6.45, 7) is 0. The summed E-state index contributed by atoms with van der Waals surface area (Å²) in [5, 5.41) is 36.3. The zero-order valence-electron chi connectivity index (χ0n) is 8.31. The van der Waals surface area contributed by atoms with Crippen molar-refractivity contribution in [2.75, 3.05) is 0 Å². The molecule has 1 heterocycles. The van der Waals surface area contributed by atoms with E-state index in [0.29, 0.717) is 5.69 Å². The zero-order valence-corrected chi connectivity index (χ0v) is 8.31. The maximum absolute atomic E-state index is 10.6. The number of rotatable bonds is 2. The molecule has 0 radical (unpaired) electrons. The van der Waals surface area contributed by atoms with Crippen LogP contribution in [0.5, 0.6) is 11.5 Å². The van der Waals surface area contributed by atoms with Gasteiger partial charge in [-0.25, -0.2) is 4.98 Å². The molecule has 0 aliphatic heterocycles. The van der Waals surface area contributed by atoms with Gasteiger partial charge in [-0.1, -0.05) is 0 Å². The molecule has 8 heteroatoms. The van der Waals surface area contributed by atoms with E-state index in [1.807, 2.05) is 0 Å². The molecule has 1 aromatic carbocycles. The van der Waals surface area contributed by atoms with E-state index >= 15 is 0 Å². The lowest BCUT2D eigenvalue weighted by atomic mass is 10.1. The van der Waals surface area contributed by atoms with Gasteiger partial charge < -0.3 is 10.2 Å². The number of aromatic nitrogens is 3. The number of nitro benzene ring substituents is 1. The Morgan fingerprint density at radius 3 is 2.59 bits per heavy atom. The third kappa shape index (κ3) is 1.95. The first-order valence-corrected chi connectivity index (χ1v) is 4.43. The number of nitrogens with zero attached hydrogens (tertiary/aromatic N) is 4. The van der Waals surface area contributed by atoms with E-state index in [0.717, 1.165) is 12.1 Å². The maximum atomic E-state index is 10.6. The largest absolute Gasteiger partial charge is 0.504 e. The van der Waals surface area contributed by atoms with Gasteiger partial charge in [-0.05, 0) is 6.07 Å². The quantitative estimate of drug-likeness (QED) is 0.448. The van der Waals surface area contributed by atoms with E-state index in [9.17, 15) is 20.3 Å². The molecule has 0 unspecified atom stereocenters. The highest BCUT2D eigenvalue weighted by Crippen LogP contribution is 2.38. The summed E-state index contributed by atoms with van der Waals surface area (Å²) in [5.41, 5.74) is -0.0288. The standard InChI is InChI=1S/C9H6N4O4/c14-8-2-5(6-3-11-12-4-10-6)1-7(9(8)15)13(16)17/h1-4,14-15H. The van der Waals surface area contributed by atoms with E-state index in [1.165, 1.54) is 12.5 Å². The van der Waals surface area contributed by atoms with Crippen molar-refractivity contribution in [3.05, 3.63) is 34.8 Å². The smallest absolute Gasteiger partial charge is 0.315 e. The third-order valence-electron chi connectivity index (χ3n) is 2.06. The van der Waals surface area contributed by atoms with Crippen molar-refractivity contribution in [2.24, 2.45) is 0 Å². The molecular formula is C9H6N4O4. The minimum Gasteiger partial charge on any atom is -0.504 e. The molecule has 86 valence electrons. The van der Waals surface area contributed by atoms with E-state index in [4.69, 9.17) is 0 Å². The molecule has 1 aromatic heterocycles. The SMILES string of the molecule is O=[N+]([O-])c1cc(-c2cnncn2)cc(O)c1O. The number of phenols is 2. The molecule has 0 bridgehead atoms. The van der Waals surface area contributed by atoms with Crippen molar-refractivity contribution in [3.63, 3.8) is 0 Å². The Balaban J connectivity index is 2.61. The van der Waals surface area contributed by atoms with Crippen LogP contribution in [0.3, 0.4) is 0 Å². The highest BCUT2D eigenvalue weighted by atomic mass is 16.6. The summed E-state index contributed by atoms with van der Waals surface area (Å²) >= 11 is 0. The highest BCUT2D eigenvalue weighted by Gasteiger charge is 2.19. The van der Waals surface area contributed by atoms with Gasteiger partial charge in [-0.3, -0.25) is 10.1 Å². The van der Waals surface area contributed by atoms with E-state index in [1.54, 1.807) is 0 Å². The second-order valence-corrected chi connectivity index (χ2v) is 3.11. The van der Waals surface area contributed by atoms with Crippen molar-refractivity contribution in [2.45, 2.75) is 0 Å². The van der Waals surface area contributed by atoms with Crippen molar-refractivity contribution < 1.29 is 15.1 Å². The predicted molar refractivity (Wildman–Crippen MR) is 55.2 cm³/mol. The van der Waals surface area contributed by atoms with Crippen LogP contribution in [0.2, 0.25) is 0 Å². The molecule has 0 aliphatic rings. The van der Waals surface area contributed by atoms with Gasteiger partial charge in [0.05, 0.1) is 16.8 Å². The molecule has 0 atom stereocenters. The first kappa shape index (κ1) is 10.7. The Labute approximate surface area is 94.4 Å². The van der Waals surface area contributed by atoms with Crippen LogP contribution in [-0.4, -0.2) is 30.3 Å². The fourth-order valence-electron chi connectivity index (χ4n) is 1.28. The Morgan fingerprint density at radius 1 is 1.24 bits per heavy atom. The summed E-state index contributed by atoms with van der Waals surface area (Å²) in [5.74, 6) is -1.37. The Bertz CT molecular complexity index is 573. The molecule has 17 heavy (non-hydrogen) atoms. The van der Waals surface area contributed by atoms with Crippen LogP contribution in [-0.2, 0) is 0 Å². The summed E-state index contributed by atoms with van der Waals surface area (Å²) in [6, 6.07) is 2.26. The Morgan fingerprint density at radius 2 is 2.00 bits per heavy atom. The van der Waals surface area contributed by atoms with Gasteiger partial charge in [0.15, 0.2) is 5.75 Å². The third-order valence-corrected chi connectivity index (χ3v) is 2.06. The lowest BCUT2D eigenvalue weighted by Gasteiger charge is -2.03. The monoisotopic (exact) mass is 234 g/mol. The van der Waals surface area contributed by atoms with E-state index < -0.39 is 22.1 Å². The summed E-state index contributed by atoms with van der Waals surface area (Å²) in [6.07, 6.45) is 2.46. The van der Waals surface area contributed by atoms with Gasteiger partial charge in [0, 0.05) is 11.6 Å². The van der Waals surface area contributed by atoms with E-state index in [-0.39, 0.29) is 5.56 Å². The van der Waals surface area contributed by atoms with Crippen LogP contribution in [0, 0.1) is 10.1 Å². The van der Waals surface area contributed by atoms with Gasteiger partial charge in [0.25, 0.3) is 0 Å². The number of benzene rings is 1. The molecule has 0 spiro atoms. The minimum absolute atomic E-state index is 0.266. The molecule has 0 saturated heterocycles. The molecule has 0 aliphatic carbocycles. The molecule has 0 fully saturated rings. The summed E-state index contributed by atoms with van der Waals surface area (Å²) in [4.78, 5) is 13.7. The second kappa shape index (κ2) is 4.00. The zero-order chi connectivity index (χ0) is 12.4. The van der Waals surface area contributed by atoms with Crippen LogP contribution >= 0.6 is 0 Å². The van der Waals surface area contributed by atoms with Crippen LogP contribution in [0.25, 0.3) is 11.3 Å². The molecule has 0 amide bonds. The molecule has 0 saturated carbocycles. The van der Waals surface area contributed by atoms with Crippen molar-refractivity contribution in [1.82, 2.24) is 15.2 Å². The lowest BCUT2D eigenvalue weighted by molar-refractivity contribution is -0.385. The van der Waals surface area contributed by atoms with Gasteiger partial charge in [-0.2, -0.15) is 5.10 Å². The van der Waals surface area contributed by atoms with E-state index in [2.05, 4.69) is 15.2 Å². The first-order valence-electron chi connectivity index (χ1n) is 4.43. The Kier molecular flexibility index (Phi) is 2.53. The van der Waals surface area contributed by atoms with Gasteiger partial charge in [-0.15, -0.1) is 5.10 Å². The number of nitro groups is 1. The maximum Gasteiger partial charge on any atom is 0.315 e. The van der Waals surface area contributed by atoms with Crippen molar-refractivity contribution >= 4 is 5.69 Å². The van der Waals surface area contributed by atoms with Crippen LogP contribution < -0.4 is 0 Å². The predicted octanol–water partition coefficient (Wildman–Crippen LogP) is 0.858. The Hall–Kier alpha value is -2.77. The number of hydrogen-bond acceptors (Lipinski definition) is 7. The average molecular weight is 234 g/mol. The van der Waals surface area contributed by atoms with Gasteiger partial charge in [0.1, 0.15) is 6.33 Å². The normalized spacial score (nSPS) is 10.1. The molecule has 2 rings (SSSR count). The van der Waals surface area contributed by atoms with Crippen LogP contribution in [0.4, 0.5) is 5.69 Å².